The second-order valence-electron chi connectivity index (χ2n) is 6.65. The first-order valence-electron chi connectivity index (χ1n) is 9.02. The number of nitrogens with one attached hydrogen (secondary N) is 1. The molecule has 25 heavy (non-hydrogen) atoms. The van der Waals surface area contributed by atoms with Crippen LogP contribution in [0.25, 0.3) is 0 Å². The Balaban J connectivity index is 1.67. The van der Waals surface area contributed by atoms with Crippen molar-refractivity contribution in [2.45, 2.75) is 40.2 Å². The summed E-state index contributed by atoms with van der Waals surface area (Å²) in [6.07, 6.45) is 1.99. The first-order valence-corrected chi connectivity index (χ1v) is 9.02. The van der Waals surface area contributed by atoms with E-state index in [1.807, 2.05) is 13.0 Å². The monoisotopic (exact) mass is 341 g/mol. The summed E-state index contributed by atoms with van der Waals surface area (Å²) >= 11 is 0. The van der Waals surface area contributed by atoms with Crippen LogP contribution in [0.3, 0.4) is 0 Å². The molecule has 1 aromatic carbocycles. The lowest BCUT2D eigenvalue weighted by atomic mass is 10.1. The highest BCUT2D eigenvalue weighted by Gasteiger charge is 2.17. The van der Waals surface area contributed by atoms with E-state index in [9.17, 15) is 0 Å². The molecule has 1 saturated heterocycles. The summed E-state index contributed by atoms with van der Waals surface area (Å²) in [4.78, 5) is 8.90. The minimum Gasteiger partial charge on any atom is -0.493 e. The molecule has 0 bridgehead atoms. The average molecular weight is 341 g/mol. The van der Waals surface area contributed by atoms with Crippen molar-refractivity contribution >= 4 is 5.82 Å². The van der Waals surface area contributed by atoms with E-state index in [-0.39, 0.29) is 0 Å². The van der Waals surface area contributed by atoms with E-state index in [1.54, 1.807) is 0 Å². The molecule has 5 heteroatoms. The highest BCUT2D eigenvalue weighted by molar-refractivity contribution is 5.42. The predicted octanol–water partition coefficient (Wildman–Crippen LogP) is 3.68. The molecule has 0 radical (unpaired) electrons. The van der Waals surface area contributed by atoms with Crippen LogP contribution in [-0.4, -0.2) is 29.8 Å². The summed E-state index contributed by atoms with van der Waals surface area (Å²) in [6.45, 7) is 9.16. The highest BCUT2D eigenvalue weighted by Crippen LogP contribution is 2.23. The van der Waals surface area contributed by atoms with E-state index in [1.165, 1.54) is 5.56 Å². The summed E-state index contributed by atoms with van der Waals surface area (Å²) in [6, 6.07) is 8.36. The fraction of sp³-hybridized carbons (Fsp3) is 0.500. The van der Waals surface area contributed by atoms with Gasteiger partial charge >= 0.3 is 0 Å². The first kappa shape index (κ1) is 17.7. The summed E-state index contributed by atoms with van der Waals surface area (Å²) in [5.41, 5.74) is 3.39. The van der Waals surface area contributed by atoms with Gasteiger partial charge in [0, 0.05) is 36.4 Å². The zero-order valence-corrected chi connectivity index (χ0v) is 15.3. The maximum atomic E-state index is 6.11. The summed E-state index contributed by atoms with van der Waals surface area (Å²) in [5, 5.41) is 3.41. The predicted molar refractivity (Wildman–Crippen MR) is 99.1 cm³/mol. The van der Waals surface area contributed by atoms with Crippen LogP contribution in [0.4, 0.5) is 5.82 Å². The zero-order chi connectivity index (χ0) is 17.6. The Labute approximate surface area is 149 Å². The van der Waals surface area contributed by atoms with Crippen molar-refractivity contribution in [1.82, 2.24) is 9.97 Å². The number of nitrogens with zero attached hydrogens (tertiary/aromatic N) is 2. The zero-order valence-electron chi connectivity index (χ0n) is 15.3. The van der Waals surface area contributed by atoms with E-state index >= 15 is 0 Å². The summed E-state index contributed by atoms with van der Waals surface area (Å²) in [5.74, 6) is 3.10. The SMILES string of the molecule is CCc1cc(NCc2ccc(C)cc2OCC2CCOC2)nc(C)n1. The van der Waals surface area contributed by atoms with E-state index in [0.29, 0.717) is 19.1 Å². The van der Waals surface area contributed by atoms with Gasteiger partial charge in [0.25, 0.3) is 0 Å². The third kappa shape index (κ3) is 4.92. The number of rotatable bonds is 7. The second kappa shape index (κ2) is 8.30. The molecule has 3 rings (SSSR count). The smallest absolute Gasteiger partial charge is 0.130 e. The van der Waals surface area contributed by atoms with Gasteiger partial charge in [-0.25, -0.2) is 9.97 Å². The van der Waals surface area contributed by atoms with Crippen LogP contribution in [0, 0.1) is 19.8 Å². The molecule has 1 aromatic heterocycles. The molecule has 2 heterocycles. The molecule has 1 aliphatic rings. The normalized spacial score (nSPS) is 16.8. The molecule has 0 amide bonds. The molecule has 0 spiro atoms. The molecule has 1 unspecified atom stereocenters. The van der Waals surface area contributed by atoms with Crippen LogP contribution >= 0.6 is 0 Å². The fourth-order valence-corrected chi connectivity index (χ4v) is 2.95. The maximum Gasteiger partial charge on any atom is 0.130 e. The molecular formula is C20H27N3O2. The van der Waals surface area contributed by atoms with Crippen molar-refractivity contribution < 1.29 is 9.47 Å². The largest absolute Gasteiger partial charge is 0.493 e. The van der Waals surface area contributed by atoms with Gasteiger partial charge in [0.1, 0.15) is 17.4 Å². The quantitative estimate of drug-likeness (QED) is 0.832. The van der Waals surface area contributed by atoms with Gasteiger partial charge in [0.15, 0.2) is 0 Å². The van der Waals surface area contributed by atoms with E-state index < -0.39 is 0 Å². The van der Waals surface area contributed by atoms with Gasteiger partial charge < -0.3 is 14.8 Å². The van der Waals surface area contributed by atoms with Crippen molar-refractivity contribution in [2.75, 3.05) is 25.1 Å². The fourth-order valence-electron chi connectivity index (χ4n) is 2.95. The minimum absolute atomic E-state index is 0.498. The number of aromatic nitrogens is 2. The standard InChI is InChI=1S/C20H27N3O2/c1-4-18-10-20(23-15(3)22-18)21-11-17-6-5-14(2)9-19(17)25-13-16-7-8-24-12-16/h5-6,9-10,16H,4,7-8,11-13H2,1-3H3,(H,21,22,23). The molecule has 134 valence electrons. The van der Waals surface area contributed by atoms with E-state index in [2.05, 4.69) is 47.3 Å². The van der Waals surface area contributed by atoms with Gasteiger partial charge in [0.2, 0.25) is 0 Å². The number of hydrogen-bond acceptors (Lipinski definition) is 5. The maximum absolute atomic E-state index is 6.11. The molecule has 5 nitrogen and oxygen atoms in total. The van der Waals surface area contributed by atoms with Crippen LogP contribution in [0.15, 0.2) is 24.3 Å². The molecule has 1 aliphatic heterocycles. The van der Waals surface area contributed by atoms with Crippen LogP contribution in [-0.2, 0) is 17.7 Å². The van der Waals surface area contributed by atoms with Crippen molar-refractivity contribution in [1.29, 1.82) is 0 Å². The Morgan fingerprint density at radius 1 is 1.24 bits per heavy atom. The molecule has 0 saturated carbocycles. The van der Waals surface area contributed by atoms with Gasteiger partial charge in [-0.2, -0.15) is 0 Å². The summed E-state index contributed by atoms with van der Waals surface area (Å²) in [7, 11) is 0. The Kier molecular flexibility index (Phi) is 5.87. The number of ether oxygens (including phenoxy) is 2. The van der Waals surface area contributed by atoms with E-state index in [0.717, 1.165) is 54.7 Å². The molecular weight excluding hydrogens is 314 g/mol. The van der Waals surface area contributed by atoms with Gasteiger partial charge in [-0.3, -0.25) is 0 Å². The van der Waals surface area contributed by atoms with Crippen LogP contribution in [0.5, 0.6) is 5.75 Å². The van der Waals surface area contributed by atoms with Gasteiger partial charge in [-0.15, -0.1) is 0 Å². The van der Waals surface area contributed by atoms with Crippen LogP contribution in [0.1, 0.15) is 36.0 Å². The Morgan fingerprint density at radius 3 is 2.88 bits per heavy atom. The Morgan fingerprint density at radius 2 is 2.12 bits per heavy atom. The topological polar surface area (TPSA) is 56.3 Å². The first-order chi connectivity index (χ1) is 12.1. The minimum atomic E-state index is 0.498. The lowest BCUT2D eigenvalue weighted by molar-refractivity contribution is 0.167. The lowest BCUT2D eigenvalue weighted by Gasteiger charge is -2.16. The van der Waals surface area contributed by atoms with E-state index in [4.69, 9.17) is 9.47 Å². The van der Waals surface area contributed by atoms with Gasteiger partial charge in [0.05, 0.1) is 13.2 Å². The highest BCUT2D eigenvalue weighted by atomic mass is 16.5. The third-order valence-electron chi connectivity index (χ3n) is 4.43. The van der Waals surface area contributed by atoms with Crippen molar-refractivity contribution in [3.8, 4) is 5.75 Å². The van der Waals surface area contributed by atoms with Crippen LogP contribution in [0.2, 0.25) is 0 Å². The van der Waals surface area contributed by atoms with Crippen LogP contribution < -0.4 is 10.1 Å². The third-order valence-corrected chi connectivity index (χ3v) is 4.43. The second-order valence-corrected chi connectivity index (χ2v) is 6.65. The number of benzene rings is 1. The Hall–Kier alpha value is -2.14. The number of hydrogen-bond donors (Lipinski definition) is 1. The molecule has 2 aromatic rings. The van der Waals surface area contributed by atoms with Crippen molar-refractivity contribution in [3.05, 3.63) is 46.9 Å². The average Bonchev–Trinajstić information content (AvgIpc) is 3.12. The lowest BCUT2D eigenvalue weighted by Crippen LogP contribution is -2.13. The molecule has 1 N–H and O–H groups in total. The van der Waals surface area contributed by atoms with Gasteiger partial charge in [-0.1, -0.05) is 19.1 Å². The molecule has 1 atom stereocenters. The van der Waals surface area contributed by atoms with Gasteiger partial charge in [-0.05, 0) is 38.3 Å². The van der Waals surface area contributed by atoms with Crippen molar-refractivity contribution in [2.24, 2.45) is 5.92 Å². The number of anilines is 1. The summed E-state index contributed by atoms with van der Waals surface area (Å²) < 4.78 is 11.5. The molecule has 1 fully saturated rings. The van der Waals surface area contributed by atoms with Crippen molar-refractivity contribution in [3.63, 3.8) is 0 Å². The molecule has 0 aliphatic carbocycles. The number of aryl methyl sites for hydroxylation is 3. The Bertz CT molecular complexity index is 712.